The highest BCUT2D eigenvalue weighted by Gasteiger charge is 2.20. The summed E-state index contributed by atoms with van der Waals surface area (Å²) in [5, 5.41) is 8.59. The highest BCUT2D eigenvalue weighted by atomic mass is 32.2. The minimum atomic E-state index is -3.68. The number of benzene rings is 1. The predicted octanol–water partition coefficient (Wildman–Crippen LogP) is 1.15. The molecule has 0 heterocycles. The lowest BCUT2D eigenvalue weighted by Gasteiger charge is -2.20. The molecule has 20 heavy (non-hydrogen) atoms. The molecule has 1 aromatic rings. The fourth-order valence-electron chi connectivity index (χ4n) is 1.58. The van der Waals surface area contributed by atoms with Crippen LogP contribution in [0.15, 0.2) is 24.3 Å². The third-order valence-corrected chi connectivity index (χ3v) is 4.20. The van der Waals surface area contributed by atoms with E-state index in [0.717, 1.165) is 0 Å². The van der Waals surface area contributed by atoms with Crippen molar-refractivity contribution in [2.75, 3.05) is 24.4 Å². The highest BCUT2D eigenvalue weighted by Crippen LogP contribution is 2.25. The molecule has 0 atom stereocenters. The van der Waals surface area contributed by atoms with Gasteiger partial charge in [0.2, 0.25) is 0 Å². The molecule has 0 saturated heterocycles. The molecule has 0 aliphatic heterocycles. The SMILES string of the molecule is CCN(CC)S(=O)(=O)Nc1ccccc1OCC(=O)O. The Hall–Kier alpha value is -1.80. The van der Waals surface area contributed by atoms with Crippen LogP contribution in [-0.4, -0.2) is 43.5 Å². The maximum absolute atomic E-state index is 12.1. The summed E-state index contributed by atoms with van der Waals surface area (Å²) in [4.78, 5) is 10.5. The lowest BCUT2D eigenvalue weighted by molar-refractivity contribution is -0.139. The molecule has 0 bridgehead atoms. The van der Waals surface area contributed by atoms with Gasteiger partial charge in [0.05, 0.1) is 5.69 Å². The first-order chi connectivity index (χ1) is 9.40. The Labute approximate surface area is 118 Å². The van der Waals surface area contributed by atoms with E-state index in [0.29, 0.717) is 13.1 Å². The Morgan fingerprint density at radius 2 is 1.90 bits per heavy atom. The molecule has 0 aliphatic rings. The van der Waals surface area contributed by atoms with Crippen LogP contribution in [0.5, 0.6) is 5.75 Å². The van der Waals surface area contributed by atoms with Crippen molar-refractivity contribution in [3.8, 4) is 5.75 Å². The Morgan fingerprint density at radius 1 is 1.30 bits per heavy atom. The second-order valence-corrected chi connectivity index (χ2v) is 5.54. The van der Waals surface area contributed by atoms with Crippen LogP contribution in [0.4, 0.5) is 5.69 Å². The molecule has 0 fully saturated rings. The zero-order valence-corrected chi connectivity index (χ0v) is 12.2. The first kappa shape index (κ1) is 16.3. The number of anilines is 1. The maximum atomic E-state index is 12.1. The van der Waals surface area contributed by atoms with Crippen molar-refractivity contribution in [3.05, 3.63) is 24.3 Å². The summed E-state index contributed by atoms with van der Waals surface area (Å²) in [6.45, 7) is 3.60. The van der Waals surface area contributed by atoms with Crippen molar-refractivity contribution in [2.24, 2.45) is 0 Å². The van der Waals surface area contributed by atoms with Gasteiger partial charge in [0.15, 0.2) is 6.61 Å². The van der Waals surface area contributed by atoms with Crippen molar-refractivity contribution in [2.45, 2.75) is 13.8 Å². The third kappa shape index (κ3) is 4.39. The molecule has 0 amide bonds. The number of nitrogens with zero attached hydrogens (tertiary/aromatic N) is 1. The number of para-hydroxylation sites is 2. The number of ether oxygens (including phenoxy) is 1. The van der Waals surface area contributed by atoms with Gasteiger partial charge in [0, 0.05) is 13.1 Å². The molecule has 1 aromatic carbocycles. The fourth-order valence-corrected chi connectivity index (χ4v) is 2.84. The monoisotopic (exact) mass is 302 g/mol. The standard InChI is InChI=1S/C12H18N2O5S/c1-3-14(4-2)20(17,18)13-10-7-5-6-8-11(10)19-9-12(15)16/h5-8,13H,3-4,9H2,1-2H3,(H,15,16). The molecular formula is C12H18N2O5S. The molecule has 8 heteroatoms. The lowest BCUT2D eigenvalue weighted by Crippen LogP contribution is -2.35. The van der Waals surface area contributed by atoms with Crippen LogP contribution in [0, 0.1) is 0 Å². The van der Waals surface area contributed by atoms with E-state index in [2.05, 4.69) is 4.72 Å². The van der Waals surface area contributed by atoms with Crippen LogP contribution in [-0.2, 0) is 15.0 Å². The highest BCUT2D eigenvalue weighted by molar-refractivity contribution is 7.90. The first-order valence-electron chi connectivity index (χ1n) is 6.12. The van der Waals surface area contributed by atoms with Crippen LogP contribution in [0.25, 0.3) is 0 Å². The number of nitrogens with one attached hydrogen (secondary N) is 1. The molecule has 0 radical (unpaired) electrons. The van der Waals surface area contributed by atoms with Crippen molar-refractivity contribution in [3.63, 3.8) is 0 Å². The van der Waals surface area contributed by atoms with E-state index >= 15 is 0 Å². The van der Waals surface area contributed by atoms with Gasteiger partial charge < -0.3 is 9.84 Å². The van der Waals surface area contributed by atoms with Crippen LogP contribution >= 0.6 is 0 Å². The molecule has 0 aliphatic carbocycles. The summed E-state index contributed by atoms with van der Waals surface area (Å²) in [5.41, 5.74) is 0.209. The molecule has 1 rings (SSSR count). The number of rotatable bonds is 8. The van der Waals surface area contributed by atoms with Crippen molar-refractivity contribution >= 4 is 21.9 Å². The van der Waals surface area contributed by atoms with E-state index in [-0.39, 0.29) is 11.4 Å². The largest absolute Gasteiger partial charge is 0.480 e. The summed E-state index contributed by atoms with van der Waals surface area (Å²) in [6.07, 6.45) is 0. The Kier molecular flexibility index (Phi) is 5.78. The normalized spacial score (nSPS) is 11.3. The molecule has 0 aromatic heterocycles. The number of carboxylic acid groups (broad SMARTS) is 1. The quantitative estimate of drug-likeness (QED) is 0.751. The second-order valence-electron chi connectivity index (χ2n) is 3.87. The first-order valence-corrected chi connectivity index (χ1v) is 7.56. The summed E-state index contributed by atoms with van der Waals surface area (Å²) >= 11 is 0. The Morgan fingerprint density at radius 3 is 2.45 bits per heavy atom. The number of hydrogen-bond acceptors (Lipinski definition) is 4. The zero-order valence-electron chi connectivity index (χ0n) is 11.4. The van der Waals surface area contributed by atoms with Crippen molar-refractivity contribution in [1.29, 1.82) is 0 Å². The number of carbonyl (C=O) groups is 1. The smallest absolute Gasteiger partial charge is 0.341 e. The van der Waals surface area contributed by atoms with E-state index in [1.807, 2.05) is 0 Å². The van der Waals surface area contributed by atoms with Gasteiger partial charge in [-0.1, -0.05) is 26.0 Å². The Balaban J connectivity index is 2.94. The van der Waals surface area contributed by atoms with E-state index < -0.39 is 22.8 Å². The predicted molar refractivity (Wildman–Crippen MR) is 75.0 cm³/mol. The lowest BCUT2D eigenvalue weighted by atomic mass is 10.3. The number of aliphatic carboxylic acids is 1. The van der Waals surface area contributed by atoms with E-state index in [1.54, 1.807) is 26.0 Å². The summed E-state index contributed by atoms with van der Waals surface area (Å²) in [6, 6.07) is 6.28. The molecule has 7 nitrogen and oxygen atoms in total. The van der Waals surface area contributed by atoms with Crippen LogP contribution in [0.3, 0.4) is 0 Å². The van der Waals surface area contributed by atoms with Gasteiger partial charge in [-0.3, -0.25) is 4.72 Å². The topological polar surface area (TPSA) is 95.9 Å². The summed E-state index contributed by atoms with van der Waals surface area (Å²) in [5.74, 6) is -0.961. The molecule has 0 spiro atoms. The fraction of sp³-hybridized carbons (Fsp3) is 0.417. The molecule has 0 unspecified atom stereocenters. The second kappa shape index (κ2) is 7.11. The van der Waals surface area contributed by atoms with Crippen LogP contribution in [0.1, 0.15) is 13.8 Å². The van der Waals surface area contributed by atoms with Gasteiger partial charge in [0.25, 0.3) is 0 Å². The van der Waals surface area contributed by atoms with Gasteiger partial charge in [-0.05, 0) is 12.1 Å². The molecule has 0 saturated carbocycles. The van der Waals surface area contributed by atoms with E-state index in [9.17, 15) is 13.2 Å². The van der Waals surface area contributed by atoms with E-state index in [1.165, 1.54) is 16.4 Å². The molecule has 2 N–H and O–H groups in total. The van der Waals surface area contributed by atoms with Gasteiger partial charge >= 0.3 is 16.2 Å². The third-order valence-electron chi connectivity index (χ3n) is 2.52. The zero-order chi connectivity index (χ0) is 15.2. The maximum Gasteiger partial charge on any atom is 0.341 e. The average molecular weight is 302 g/mol. The summed E-state index contributed by atoms with van der Waals surface area (Å²) in [7, 11) is -3.68. The van der Waals surface area contributed by atoms with Crippen molar-refractivity contribution < 1.29 is 23.1 Å². The van der Waals surface area contributed by atoms with Gasteiger partial charge in [0.1, 0.15) is 5.75 Å². The number of hydrogen-bond donors (Lipinski definition) is 2. The van der Waals surface area contributed by atoms with Crippen molar-refractivity contribution in [1.82, 2.24) is 4.31 Å². The minimum absolute atomic E-state index is 0.172. The summed E-state index contributed by atoms with van der Waals surface area (Å²) < 4.78 is 32.9. The minimum Gasteiger partial charge on any atom is -0.480 e. The Bertz CT molecular complexity index is 555. The van der Waals surface area contributed by atoms with Gasteiger partial charge in [-0.25, -0.2) is 4.79 Å². The van der Waals surface area contributed by atoms with Crippen LogP contribution in [0.2, 0.25) is 0 Å². The van der Waals surface area contributed by atoms with Gasteiger partial charge in [-0.2, -0.15) is 12.7 Å². The van der Waals surface area contributed by atoms with Crippen LogP contribution < -0.4 is 9.46 Å². The van der Waals surface area contributed by atoms with E-state index in [4.69, 9.17) is 9.84 Å². The number of carboxylic acids is 1. The molecular weight excluding hydrogens is 284 g/mol. The average Bonchev–Trinajstić information content (AvgIpc) is 2.38. The molecule has 112 valence electrons. The van der Waals surface area contributed by atoms with Gasteiger partial charge in [-0.15, -0.1) is 0 Å².